The Labute approximate surface area is 151 Å². The lowest BCUT2D eigenvalue weighted by Gasteiger charge is -2.31. The normalized spacial score (nSPS) is 15.4. The van der Waals surface area contributed by atoms with Gasteiger partial charge in [-0.1, -0.05) is 0 Å². The first-order valence-corrected chi connectivity index (χ1v) is 8.88. The number of ketones is 1. The van der Waals surface area contributed by atoms with E-state index in [1.54, 1.807) is 20.4 Å². The minimum absolute atomic E-state index is 0.185. The third-order valence-electron chi connectivity index (χ3n) is 5.54. The molecule has 0 radical (unpaired) electrons. The predicted molar refractivity (Wildman–Crippen MR) is 96.2 cm³/mol. The molecule has 26 heavy (non-hydrogen) atoms. The van der Waals surface area contributed by atoms with Crippen molar-refractivity contribution < 1.29 is 14.3 Å². The standard InChI is InChI=1S/C20H19N3O3/c1-25-16-8-11-6-7-23-14-4-3-5-15(24)18(14)19-13(10-21-22-19)20(23)12(11)9-17(16)26-2/h8-10H,3-7H2,1-2H3. The molecule has 132 valence electrons. The van der Waals surface area contributed by atoms with Crippen molar-refractivity contribution in [3.05, 3.63) is 35.2 Å². The Kier molecular flexibility index (Phi) is 3.29. The summed E-state index contributed by atoms with van der Waals surface area (Å²) >= 11 is 0. The van der Waals surface area contributed by atoms with Crippen LogP contribution in [-0.2, 0) is 19.4 Å². The van der Waals surface area contributed by atoms with E-state index >= 15 is 0 Å². The van der Waals surface area contributed by atoms with E-state index in [9.17, 15) is 4.79 Å². The predicted octanol–water partition coefficient (Wildman–Crippen LogP) is 3.14. The van der Waals surface area contributed by atoms with Crippen molar-refractivity contribution in [3.63, 3.8) is 0 Å². The highest BCUT2D eigenvalue weighted by Crippen LogP contribution is 2.45. The van der Waals surface area contributed by atoms with Gasteiger partial charge in [-0.15, -0.1) is 5.10 Å². The number of ether oxygens (including phenoxy) is 2. The fourth-order valence-electron chi connectivity index (χ4n) is 4.38. The maximum atomic E-state index is 12.6. The van der Waals surface area contributed by atoms with Gasteiger partial charge in [0.1, 0.15) is 5.69 Å². The zero-order valence-electron chi connectivity index (χ0n) is 14.8. The molecule has 0 atom stereocenters. The minimum Gasteiger partial charge on any atom is -0.493 e. The summed E-state index contributed by atoms with van der Waals surface area (Å²) in [6, 6.07) is 4.08. The van der Waals surface area contributed by atoms with Crippen LogP contribution in [0.5, 0.6) is 11.5 Å². The molecule has 4 aliphatic rings. The van der Waals surface area contributed by atoms with Crippen LogP contribution in [0.15, 0.2) is 18.3 Å². The highest BCUT2D eigenvalue weighted by Gasteiger charge is 2.33. The van der Waals surface area contributed by atoms with E-state index < -0.39 is 0 Å². The van der Waals surface area contributed by atoms with Gasteiger partial charge < -0.3 is 14.0 Å². The number of aryl methyl sites for hydroxylation is 1. The number of aromatic nitrogens is 3. The summed E-state index contributed by atoms with van der Waals surface area (Å²) in [5, 5.41) is 8.43. The molecule has 1 aliphatic carbocycles. The van der Waals surface area contributed by atoms with Gasteiger partial charge in [0.05, 0.1) is 31.7 Å². The molecule has 5 rings (SSSR count). The van der Waals surface area contributed by atoms with Crippen LogP contribution in [0.25, 0.3) is 22.5 Å². The number of nitrogens with zero attached hydrogens (tertiary/aromatic N) is 3. The summed E-state index contributed by atoms with van der Waals surface area (Å²) in [7, 11) is 3.30. The number of carbonyl (C=O) groups excluding carboxylic acids is 1. The molecule has 6 heteroatoms. The van der Waals surface area contributed by atoms with E-state index in [0.717, 1.165) is 65.3 Å². The maximum absolute atomic E-state index is 12.6. The summed E-state index contributed by atoms with van der Waals surface area (Å²) < 4.78 is 13.3. The van der Waals surface area contributed by atoms with Gasteiger partial charge in [-0.2, -0.15) is 5.10 Å². The lowest BCUT2D eigenvalue weighted by atomic mass is 9.85. The van der Waals surface area contributed by atoms with Crippen LogP contribution in [0.2, 0.25) is 0 Å². The van der Waals surface area contributed by atoms with Gasteiger partial charge in [0.15, 0.2) is 17.3 Å². The molecule has 0 bridgehead atoms. The molecule has 0 N–H and O–H groups in total. The maximum Gasteiger partial charge on any atom is 0.166 e. The second kappa shape index (κ2) is 5.56. The Morgan fingerprint density at radius 3 is 2.65 bits per heavy atom. The van der Waals surface area contributed by atoms with Crippen LogP contribution >= 0.6 is 0 Å². The molecule has 1 aromatic carbocycles. The van der Waals surface area contributed by atoms with Gasteiger partial charge in [0, 0.05) is 29.8 Å². The van der Waals surface area contributed by atoms with Crippen LogP contribution in [-0.4, -0.2) is 34.8 Å². The van der Waals surface area contributed by atoms with Gasteiger partial charge >= 0.3 is 0 Å². The molecule has 3 aliphatic heterocycles. The van der Waals surface area contributed by atoms with Crippen molar-refractivity contribution in [1.82, 2.24) is 14.8 Å². The first-order chi connectivity index (χ1) is 12.7. The van der Waals surface area contributed by atoms with Crippen LogP contribution in [0.4, 0.5) is 0 Å². The van der Waals surface area contributed by atoms with E-state index in [1.165, 1.54) is 5.56 Å². The molecule has 6 nitrogen and oxygen atoms in total. The van der Waals surface area contributed by atoms with Crippen LogP contribution in [0, 0.1) is 0 Å². The van der Waals surface area contributed by atoms with Crippen molar-refractivity contribution in [2.75, 3.05) is 14.2 Å². The first-order valence-electron chi connectivity index (χ1n) is 8.88. The van der Waals surface area contributed by atoms with Crippen LogP contribution in [0.1, 0.15) is 34.5 Å². The Morgan fingerprint density at radius 1 is 1.04 bits per heavy atom. The molecule has 3 heterocycles. The zero-order valence-corrected chi connectivity index (χ0v) is 14.8. The molecule has 0 unspecified atom stereocenters. The number of Topliss-reactive ketones (excluding diaryl/α,β-unsaturated/α-hetero) is 1. The number of carbonyl (C=O) groups is 1. The van der Waals surface area contributed by atoms with Gasteiger partial charge in [-0.3, -0.25) is 4.79 Å². The van der Waals surface area contributed by atoms with Crippen molar-refractivity contribution in [1.29, 1.82) is 0 Å². The number of hydrogen-bond acceptors (Lipinski definition) is 5. The Morgan fingerprint density at radius 2 is 1.85 bits per heavy atom. The lowest BCUT2D eigenvalue weighted by molar-refractivity contribution is 0.0971. The number of pyridine rings is 1. The van der Waals surface area contributed by atoms with E-state index in [2.05, 4.69) is 20.8 Å². The summed E-state index contributed by atoms with van der Waals surface area (Å²) in [4.78, 5) is 12.6. The van der Waals surface area contributed by atoms with E-state index in [0.29, 0.717) is 12.2 Å². The van der Waals surface area contributed by atoms with Gasteiger partial charge in [-0.25, -0.2) is 0 Å². The molecular weight excluding hydrogens is 330 g/mol. The van der Waals surface area contributed by atoms with Crippen molar-refractivity contribution in [2.24, 2.45) is 0 Å². The highest BCUT2D eigenvalue weighted by atomic mass is 16.5. The molecule has 0 saturated carbocycles. The van der Waals surface area contributed by atoms with Crippen molar-refractivity contribution >= 4 is 5.78 Å². The second-order valence-electron chi connectivity index (χ2n) is 6.82. The lowest BCUT2D eigenvalue weighted by Crippen LogP contribution is -2.25. The number of methoxy groups -OCH3 is 2. The second-order valence-corrected chi connectivity index (χ2v) is 6.82. The van der Waals surface area contributed by atoms with E-state index in [4.69, 9.17) is 9.47 Å². The van der Waals surface area contributed by atoms with E-state index in [1.807, 2.05) is 6.07 Å². The van der Waals surface area contributed by atoms with Crippen molar-refractivity contribution in [2.45, 2.75) is 32.2 Å². The number of hydrogen-bond donors (Lipinski definition) is 0. The summed E-state index contributed by atoms with van der Waals surface area (Å²) in [5.41, 5.74) is 6.95. The topological polar surface area (TPSA) is 66.2 Å². The summed E-state index contributed by atoms with van der Waals surface area (Å²) in [6.07, 6.45) is 5.05. The number of benzene rings is 1. The molecule has 0 spiro atoms. The summed E-state index contributed by atoms with van der Waals surface area (Å²) in [6.45, 7) is 0.842. The zero-order chi connectivity index (χ0) is 17.8. The summed E-state index contributed by atoms with van der Waals surface area (Å²) in [5.74, 6) is 1.63. The first kappa shape index (κ1) is 15.4. The van der Waals surface area contributed by atoms with Gasteiger partial charge in [0.2, 0.25) is 0 Å². The van der Waals surface area contributed by atoms with Crippen molar-refractivity contribution in [3.8, 4) is 34.0 Å². The van der Waals surface area contributed by atoms with E-state index in [-0.39, 0.29) is 5.78 Å². The fourth-order valence-corrected chi connectivity index (χ4v) is 4.38. The largest absolute Gasteiger partial charge is 0.493 e. The fraction of sp³-hybridized carbons (Fsp3) is 0.350. The highest BCUT2D eigenvalue weighted by molar-refractivity contribution is 6.05. The molecule has 0 saturated heterocycles. The average molecular weight is 349 g/mol. The Bertz CT molecular complexity index is 1020. The minimum atomic E-state index is 0.185. The third-order valence-corrected chi connectivity index (χ3v) is 5.54. The van der Waals surface area contributed by atoms with Gasteiger partial charge in [0.25, 0.3) is 0 Å². The van der Waals surface area contributed by atoms with Gasteiger partial charge in [-0.05, 0) is 37.0 Å². The SMILES string of the molecule is COc1cc2c(cc1OC)-c1c3cnnc-3c3c(n1CC2)CCCC3=O. The third kappa shape index (κ3) is 1.95. The Hall–Kier alpha value is -2.89. The molecule has 0 amide bonds. The van der Waals surface area contributed by atoms with Crippen LogP contribution < -0.4 is 9.47 Å². The average Bonchev–Trinajstić information content (AvgIpc) is 3.15. The number of rotatable bonds is 2. The molecule has 1 aromatic rings. The monoisotopic (exact) mass is 349 g/mol. The molecular formula is C20H19N3O3. The Balaban J connectivity index is 1.86. The number of fused-ring (bicyclic) bond motifs is 8. The quantitative estimate of drug-likeness (QED) is 0.711. The van der Waals surface area contributed by atoms with Crippen LogP contribution in [0.3, 0.4) is 0 Å². The molecule has 0 fully saturated rings. The smallest absolute Gasteiger partial charge is 0.166 e. The molecule has 0 aromatic heterocycles.